The predicted octanol–water partition coefficient (Wildman–Crippen LogP) is -3.26. The van der Waals surface area contributed by atoms with Crippen molar-refractivity contribution in [1.82, 2.24) is 0 Å². The number of hydrogen-bond acceptors (Lipinski definition) is 10. The minimum absolute atomic E-state index is 0. The molecule has 0 radical (unpaired) electrons. The van der Waals surface area contributed by atoms with Gasteiger partial charge in [-0.15, -0.1) is 0 Å². The fourth-order valence-corrected chi connectivity index (χ4v) is 6.04. The maximum absolute atomic E-state index is 12.4. The Labute approximate surface area is 304 Å². The van der Waals surface area contributed by atoms with E-state index in [9.17, 15) is 45.1 Å². The number of hydrogen-bond donors (Lipinski definition) is 0. The summed E-state index contributed by atoms with van der Waals surface area (Å²) in [4.78, 5) is 48.0. The molecule has 0 aliphatic heterocycles. The van der Waals surface area contributed by atoms with Crippen molar-refractivity contribution in [3.05, 3.63) is 129 Å². The molecule has 0 fully saturated rings. The fraction of sp³-hybridized carbons (Fsp3) is 0. The van der Waals surface area contributed by atoms with Crippen molar-refractivity contribution in [3.63, 3.8) is 0 Å². The van der Waals surface area contributed by atoms with E-state index in [1.54, 1.807) is 24.3 Å². The van der Waals surface area contributed by atoms with Crippen molar-refractivity contribution < 1.29 is 126 Å². The minimum atomic E-state index is -4.83. The largest absolute Gasteiger partial charge is 1.00 e. The first kappa shape index (κ1) is 34.5. The molecule has 0 bridgehead atoms. The maximum atomic E-state index is 12.4. The van der Waals surface area contributed by atoms with Crippen LogP contribution in [0.3, 0.4) is 0 Å². The van der Waals surface area contributed by atoms with Crippen LogP contribution in [-0.4, -0.2) is 49.1 Å². The van der Waals surface area contributed by atoms with Gasteiger partial charge in [-0.05, 0) is 12.1 Å². The molecule has 4 aromatic rings. The molecule has 42 heavy (non-hydrogen) atoms. The van der Waals surface area contributed by atoms with E-state index in [0.29, 0.717) is 0 Å². The van der Waals surface area contributed by atoms with Crippen molar-refractivity contribution >= 4 is 43.4 Å². The molecule has 0 heterocycles. The second-order valence-electron chi connectivity index (χ2n) is 8.67. The third-order valence-electron chi connectivity index (χ3n) is 6.37. The Morgan fingerprint density at radius 2 is 0.667 bits per heavy atom. The third-order valence-corrected chi connectivity index (χ3v) is 8.12. The molecule has 2 aliphatic carbocycles. The van der Waals surface area contributed by atoms with Crippen LogP contribution >= 0.6 is 0 Å². The van der Waals surface area contributed by atoms with Gasteiger partial charge in [-0.3, -0.25) is 19.2 Å². The van der Waals surface area contributed by atoms with Crippen molar-refractivity contribution in [2.75, 3.05) is 0 Å². The fourth-order valence-electron chi connectivity index (χ4n) is 4.64. The van der Waals surface area contributed by atoms with Gasteiger partial charge in [-0.1, -0.05) is 72.8 Å². The van der Waals surface area contributed by atoms with Crippen LogP contribution in [0.5, 0.6) is 0 Å². The average Bonchev–Trinajstić information content (AvgIpc) is 2.93. The van der Waals surface area contributed by atoms with E-state index in [1.807, 2.05) is 0 Å². The van der Waals surface area contributed by atoms with Gasteiger partial charge < -0.3 is 9.11 Å². The zero-order valence-corrected chi connectivity index (χ0v) is 28.7. The number of benzene rings is 4. The van der Waals surface area contributed by atoms with Gasteiger partial charge in [-0.25, -0.2) is 16.8 Å². The monoisotopic (exact) mass is 636 g/mol. The van der Waals surface area contributed by atoms with Crippen LogP contribution in [0, 0.1) is 0 Å². The predicted molar refractivity (Wildman–Crippen MR) is 135 cm³/mol. The van der Waals surface area contributed by atoms with Gasteiger partial charge >= 0.3 is 80.9 Å². The quantitative estimate of drug-likeness (QED) is 0.138. The summed E-state index contributed by atoms with van der Waals surface area (Å²) >= 11 is 0. The summed E-state index contributed by atoms with van der Waals surface area (Å²) in [6.07, 6.45) is 0. The second-order valence-corrected chi connectivity index (χ2v) is 11.4. The van der Waals surface area contributed by atoms with Crippen LogP contribution in [0.1, 0.15) is 63.7 Å². The Kier molecular flexibility index (Phi) is 10.6. The van der Waals surface area contributed by atoms with E-state index >= 15 is 0 Å². The number of carbonyl (C=O) groups excluding carboxylic acids is 4. The van der Waals surface area contributed by atoms with Crippen molar-refractivity contribution in [1.29, 1.82) is 0 Å². The van der Waals surface area contributed by atoms with E-state index in [0.717, 1.165) is 12.1 Å². The van der Waals surface area contributed by atoms with Gasteiger partial charge in [0.05, 0.1) is 20.9 Å². The van der Waals surface area contributed by atoms with Crippen LogP contribution in [0.2, 0.25) is 0 Å². The number of rotatable bonds is 2. The van der Waals surface area contributed by atoms with Crippen molar-refractivity contribution in [2.24, 2.45) is 0 Å². The number of ketones is 4. The average molecular weight is 637 g/mol. The SMILES string of the molecule is O=C1c2ccccc2C(=O)c2c1cccc2S(=O)(=O)[O-].O=C1c2ccccc2C(=O)c2c1cccc2S(=O)(=O)[O-].[K+].[Na+]. The van der Waals surface area contributed by atoms with E-state index in [-0.39, 0.29) is 125 Å². The Morgan fingerprint density at radius 3 is 0.952 bits per heavy atom. The molecule has 10 nitrogen and oxygen atoms in total. The first-order valence-electron chi connectivity index (χ1n) is 11.4. The Balaban J connectivity index is 0.000000220. The van der Waals surface area contributed by atoms with Crippen LogP contribution in [0.15, 0.2) is 94.7 Å². The molecule has 0 amide bonds. The maximum Gasteiger partial charge on any atom is 1.00 e. The van der Waals surface area contributed by atoms with Gasteiger partial charge in [0, 0.05) is 33.4 Å². The van der Waals surface area contributed by atoms with Crippen molar-refractivity contribution in [2.45, 2.75) is 9.79 Å². The normalized spacial score (nSPS) is 13.2. The van der Waals surface area contributed by atoms with Crippen LogP contribution in [0.25, 0.3) is 0 Å². The zero-order valence-electron chi connectivity index (χ0n) is 22.0. The second kappa shape index (κ2) is 12.9. The Bertz CT molecular complexity index is 1890. The standard InChI is InChI=1S/2C14H8O5S.K.Na/c2*15-13-8-4-1-2-5-9(8)14(16)12-10(13)6-3-7-11(12)20(17,18)19;;/h2*1-7H,(H,17,18,19);;/q;;2*+1/p-2. The summed E-state index contributed by atoms with van der Waals surface area (Å²) < 4.78 is 67.5. The molecular weight excluding hydrogens is 623 g/mol. The summed E-state index contributed by atoms with van der Waals surface area (Å²) in [6, 6.07) is 19.6. The topological polar surface area (TPSA) is 183 Å². The summed E-state index contributed by atoms with van der Waals surface area (Å²) in [5.41, 5.74) is -0.105. The third kappa shape index (κ3) is 6.15. The number of carbonyl (C=O) groups is 4. The summed E-state index contributed by atoms with van der Waals surface area (Å²) in [5, 5.41) is 0. The molecule has 0 aromatic heterocycles. The molecule has 6 rings (SSSR count). The molecule has 200 valence electrons. The first-order valence-corrected chi connectivity index (χ1v) is 14.2. The van der Waals surface area contributed by atoms with E-state index in [4.69, 9.17) is 0 Å². The summed E-state index contributed by atoms with van der Waals surface area (Å²) in [6.45, 7) is 0. The molecule has 0 N–H and O–H groups in total. The van der Waals surface area contributed by atoms with Crippen LogP contribution in [-0.2, 0) is 20.2 Å². The van der Waals surface area contributed by atoms with Gasteiger partial charge in [0.1, 0.15) is 20.2 Å². The molecular formula is C28H14KNaO10S2. The zero-order chi connectivity index (χ0) is 29.0. The molecule has 0 unspecified atom stereocenters. The smallest absolute Gasteiger partial charge is 0.744 e. The van der Waals surface area contributed by atoms with Gasteiger partial charge in [0.25, 0.3) is 0 Å². The van der Waals surface area contributed by atoms with Crippen LogP contribution < -0.4 is 80.9 Å². The van der Waals surface area contributed by atoms with E-state index in [2.05, 4.69) is 0 Å². The molecule has 14 heteroatoms. The Hall–Kier alpha value is -1.98. The first-order chi connectivity index (χ1) is 18.8. The Morgan fingerprint density at radius 1 is 0.405 bits per heavy atom. The molecule has 0 saturated heterocycles. The molecule has 4 aromatic carbocycles. The minimum Gasteiger partial charge on any atom is -0.744 e. The van der Waals surface area contributed by atoms with Crippen molar-refractivity contribution in [3.8, 4) is 0 Å². The van der Waals surface area contributed by atoms with E-state index in [1.165, 1.54) is 48.5 Å². The van der Waals surface area contributed by atoms with Gasteiger partial charge in [0.15, 0.2) is 23.1 Å². The summed E-state index contributed by atoms with van der Waals surface area (Å²) in [5.74, 6) is -2.16. The van der Waals surface area contributed by atoms with E-state index < -0.39 is 53.2 Å². The van der Waals surface area contributed by atoms with Crippen LogP contribution in [0.4, 0.5) is 0 Å². The molecule has 0 spiro atoms. The molecule has 0 atom stereocenters. The van der Waals surface area contributed by atoms with Gasteiger partial charge in [0.2, 0.25) is 0 Å². The van der Waals surface area contributed by atoms with Gasteiger partial charge in [-0.2, -0.15) is 0 Å². The molecule has 0 saturated carbocycles. The molecule has 2 aliphatic rings. The number of fused-ring (bicyclic) bond motifs is 4. The summed E-state index contributed by atoms with van der Waals surface area (Å²) in [7, 11) is -9.65.